The Morgan fingerprint density at radius 2 is 1.78 bits per heavy atom. The van der Waals surface area contributed by atoms with E-state index in [9.17, 15) is 9.59 Å². The van der Waals surface area contributed by atoms with Crippen molar-refractivity contribution in [3.05, 3.63) is 80.9 Å². The zero-order chi connectivity index (χ0) is 23.1. The Balaban J connectivity index is 1.67. The molecule has 0 unspecified atom stereocenters. The molecule has 9 heteroatoms. The largest absolute Gasteiger partial charge is 0.347 e. The molecule has 7 nitrogen and oxygen atoms in total. The van der Waals surface area contributed by atoms with Crippen LogP contribution in [-0.4, -0.2) is 53.6 Å². The Morgan fingerprint density at radius 3 is 2.47 bits per heavy atom. The van der Waals surface area contributed by atoms with E-state index in [4.69, 9.17) is 11.6 Å². The van der Waals surface area contributed by atoms with Gasteiger partial charge in [-0.15, -0.1) is 0 Å². The van der Waals surface area contributed by atoms with Gasteiger partial charge in [0.15, 0.2) is 5.69 Å². The van der Waals surface area contributed by atoms with Gasteiger partial charge in [0, 0.05) is 12.6 Å². The van der Waals surface area contributed by atoms with Gasteiger partial charge in [-0.2, -0.15) is 5.10 Å². The van der Waals surface area contributed by atoms with E-state index in [1.165, 1.54) is 5.56 Å². The number of nitrogens with zero attached hydrogens (tertiary/aromatic N) is 2. The molecule has 0 saturated carbocycles. The Labute approximate surface area is 200 Å². The third kappa shape index (κ3) is 6.41. The van der Waals surface area contributed by atoms with Gasteiger partial charge in [-0.05, 0) is 60.6 Å². The fraction of sp³-hybridized carbons (Fsp3) is 0.261. The number of nitrogens with one attached hydrogen (secondary N) is 3. The Morgan fingerprint density at radius 1 is 1.09 bits per heavy atom. The van der Waals surface area contributed by atoms with Gasteiger partial charge in [0.1, 0.15) is 5.82 Å². The SMILES string of the molecule is CN(C)C[C@@H](CCc1ccccc1)NC(=O)c1n[nH]c(NC(=O)c2ccccc2Cl)c1Br. The van der Waals surface area contributed by atoms with Gasteiger partial charge in [-0.3, -0.25) is 14.7 Å². The van der Waals surface area contributed by atoms with Crippen LogP contribution in [0.1, 0.15) is 32.8 Å². The van der Waals surface area contributed by atoms with Crippen LogP contribution in [0.5, 0.6) is 0 Å². The normalized spacial score (nSPS) is 11.9. The maximum absolute atomic E-state index is 12.9. The molecule has 0 aliphatic heterocycles. The van der Waals surface area contributed by atoms with Gasteiger partial charge in [0.05, 0.1) is 15.1 Å². The highest BCUT2D eigenvalue weighted by Gasteiger charge is 2.22. The molecule has 0 saturated heterocycles. The third-order valence-corrected chi connectivity index (χ3v) is 5.93. The number of rotatable bonds is 9. The van der Waals surface area contributed by atoms with Crippen molar-refractivity contribution < 1.29 is 9.59 Å². The zero-order valence-corrected chi connectivity index (χ0v) is 20.2. The van der Waals surface area contributed by atoms with Crippen LogP contribution in [0.4, 0.5) is 5.82 Å². The lowest BCUT2D eigenvalue weighted by Crippen LogP contribution is -2.42. The van der Waals surface area contributed by atoms with Crippen LogP contribution < -0.4 is 10.6 Å². The molecule has 3 aromatic rings. The molecule has 1 aromatic heterocycles. The van der Waals surface area contributed by atoms with Crippen molar-refractivity contribution in [2.24, 2.45) is 0 Å². The van der Waals surface area contributed by atoms with E-state index in [0.29, 0.717) is 21.6 Å². The lowest BCUT2D eigenvalue weighted by Gasteiger charge is -2.22. The lowest BCUT2D eigenvalue weighted by molar-refractivity contribution is 0.0921. The molecule has 0 bridgehead atoms. The van der Waals surface area contributed by atoms with E-state index in [1.54, 1.807) is 24.3 Å². The van der Waals surface area contributed by atoms with Gasteiger partial charge in [0.2, 0.25) is 0 Å². The number of carbonyl (C=O) groups is 2. The first kappa shape index (κ1) is 24.0. The van der Waals surface area contributed by atoms with E-state index in [-0.39, 0.29) is 23.5 Å². The van der Waals surface area contributed by atoms with E-state index >= 15 is 0 Å². The summed E-state index contributed by atoms with van der Waals surface area (Å²) >= 11 is 9.46. The molecule has 0 spiro atoms. The first-order valence-corrected chi connectivity index (χ1v) is 11.3. The highest BCUT2D eigenvalue weighted by atomic mass is 79.9. The van der Waals surface area contributed by atoms with Crippen molar-refractivity contribution in [1.29, 1.82) is 0 Å². The predicted molar refractivity (Wildman–Crippen MR) is 130 cm³/mol. The van der Waals surface area contributed by atoms with E-state index in [0.717, 1.165) is 12.8 Å². The highest BCUT2D eigenvalue weighted by Crippen LogP contribution is 2.25. The minimum Gasteiger partial charge on any atom is -0.347 e. The second-order valence-electron chi connectivity index (χ2n) is 7.65. The maximum Gasteiger partial charge on any atom is 0.273 e. The van der Waals surface area contributed by atoms with Gasteiger partial charge in [-0.1, -0.05) is 54.1 Å². The van der Waals surface area contributed by atoms with Gasteiger partial charge in [0.25, 0.3) is 11.8 Å². The van der Waals surface area contributed by atoms with E-state index < -0.39 is 5.91 Å². The summed E-state index contributed by atoms with van der Waals surface area (Å²) in [5, 5.41) is 12.9. The molecule has 0 fully saturated rings. The fourth-order valence-corrected chi connectivity index (χ4v) is 3.96. The number of hydrogen-bond donors (Lipinski definition) is 3. The summed E-state index contributed by atoms with van der Waals surface area (Å²) in [6.07, 6.45) is 1.63. The van der Waals surface area contributed by atoms with Gasteiger partial charge < -0.3 is 15.5 Å². The molecular weight excluding hydrogens is 494 g/mol. The Kier molecular flexibility index (Phi) is 8.44. The molecule has 168 valence electrons. The predicted octanol–water partition coefficient (Wildman–Crippen LogP) is 4.37. The summed E-state index contributed by atoms with van der Waals surface area (Å²) in [6.45, 7) is 0.691. The third-order valence-electron chi connectivity index (χ3n) is 4.82. The molecule has 0 aliphatic carbocycles. The summed E-state index contributed by atoms with van der Waals surface area (Å²) in [6, 6.07) is 16.8. The van der Waals surface area contributed by atoms with Crippen LogP contribution in [-0.2, 0) is 6.42 Å². The van der Waals surface area contributed by atoms with Crippen molar-refractivity contribution in [2.75, 3.05) is 26.0 Å². The topological polar surface area (TPSA) is 90.1 Å². The molecule has 0 aliphatic rings. The number of benzene rings is 2. The number of hydrogen-bond acceptors (Lipinski definition) is 4. The van der Waals surface area contributed by atoms with Gasteiger partial charge in [-0.25, -0.2) is 0 Å². The second kappa shape index (κ2) is 11.3. The first-order valence-electron chi connectivity index (χ1n) is 10.1. The molecule has 3 N–H and O–H groups in total. The smallest absolute Gasteiger partial charge is 0.273 e. The number of anilines is 1. The lowest BCUT2D eigenvalue weighted by atomic mass is 10.0. The van der Waals surface area contributed by atoms with Gasteiger partial charge >= 0.3 is 0 Å². The Bertz CT molecular complexity index is 1070. The number of amides is 2. The molecule has 2 amide bonds. The van der Waals surface area contributed by atoms with E-state index in [2.05, 4.69) is 48.9 Å². The molecule has 3 rings (SSSR count). The van der Waals surface area contributed by atoms with Crippen LogP contribution in [0.15, 0.2) is 59.1 Å². The molecule has 1 atom stereocenters. The van der Waals surface area contributed by atoms with Crippen LogP contribution in [0, 0.1) is 0 Å². The summed E-state index contributed by atoms with van der Waals surface area (Å²) in [5.41, 5.74) is 1.72. The number of halogens is 2. The number of aromatic amines is 1. The van der Waals surface area contributed by atoms with E-state index in [1.807, 2.05) is 37.2 Å². The summed E-state index contributed by atoms with van der Waals surface area (Å²) < 4.78 is 0.377. The summed E-state index contributed by atoms with van der Waals surface area (Å²) in [4.78, 5) is 27.5. The standard InChI is InChI=1S/C23H25BrClN5O2/c1-30(2)14-16(13-12-15-8-4-3-5-9-15)26-23(32)20-19(24)21(29-28-20)27-22(31)17-10-6-7-11-18(17)25/h3-11,16H,12-14H2,1-2H3,(H,26,32)(H2,27,28,29,31)/t16-/m1/s1. The molecule has 32 heavy (non-hydrogen) atoms. The highest BCUT2D eigenvalue weighted by molar-refractivity contribution is 9.10. The summed E-state index contributed by atoms with van der Waals surface area (Å²) in [7, 11) is 3.93. The number of likely N-dealkylation sites (N-methyl/N-ethyl adjacent to an activating group) is 1. The second-order valence-corrected chi connectivity index (χ2v) is 8.85. The number of carbonyl (C=O) groups excluding carboxylic acids is 2. The Hall–Kier alpha value is -2.68. The number of aryl methyl sites for hydroxylation is 1. The van der Waals surface area contributed by atoms with Crippen molar-refractivity contribution in [2.45, 2.75) is 18.9 Å². The van der Waals surface area contributed by atoms with Crippen LogP contribution >= 0.6 is 27.5 Å². The number of aromatic nitrogens is 2. The minimum atomic E-state index is -0.403. The van der Waals surface area contributed by atoms with Crippen molar-refractivity contribution in [3.8, 4) is 0 Å². The fourth-order valence-electron chi connectivity index (χ4n) is 3.28. The van der Waals surface area contributed by atoms with Crippen LogP contribution in [0.25, 0.3) is 0 Å². The molecule has 0 radical (unpaired) electrons. The van der Waals surface area contributed by atoms with Crippen molar-refractivity contribution in [1.82, 2.24) is 20.4 Å². The van der Waals surface area contributed by atoms with Crippen LogP contribution in [0.3, 0.4) is 0 Å². The molecule has 2 aromatic carbocycles. The zero-order valence-electron chi connectivity index (χ0n) is 17.9. The average Bonchev–Trinajstić information content (AvgIpc) is 3.12. The maximum atomic E-state index is 12.9. The average molecular weight is 519 g/mol. The van der Waals surface area contributed by atoms with Crippen molar-refractivity contribution in [3.63, 3.8) is 0 Å². The van der Waals surface area contributed by atoms with Crippen LogP contribution in [0.2, 0.25) is 5.02 Å². The first-order chi connectivity index (χ1) is 15.3. The minimum absolute atomic E-state index is 0.0672. The van der Waals surface area contributed by atoms with Crippen molar-refractivity contribution >= 4 is 45.2 Å². The molecular formula is C23H25BrClN5O2. The number of H-pyrrole nitrogens is 1. The quantitative estimate of drug-likeness (QED) is 0.392. The monoisotopic (exact) mass is 517 g/mol. The molecule has 1 heterocycles. The summed E-state index contributed by atoms with van der Waals surface area (Å²) in [5.74, 6) is -0.444.